The van der Waals surface area contributed by atoms with Gasteiger partial charge in [-0.15, -0.1) is 12.4 Å². The second-order valence-electron chi connectivity index (χ2n) is 9.44. The molecule has 0 spiro atoms. The molecule has 0 aliphatic carbocycles. The number of rotatable bonds is 10. The Morgan fingerprint density at radius 3 is 2.29 bits per heavy atom. The molecule has 0 aliphatic heterocycles. The topological polar surface area (TPSA) is 72.1 Å². The van der Waals surface area contributed by atoms with Crippen LogP contribution in [0.5, 0.6) is 11.5 Å². The number of aryl methyl sites for hydroxylation is 1. The number of pyridine rings is 1. The summed E-state index contributed by atoms with van der Waals surface area (Å²) in [6, 6.07) is 12.2. The van der Waals surface area contributed by atoms with Crippen LogP contribution in [0.25, 0.3) is 21.9 Å². The van der Waals surface area contributed by atoms with E-state index >= 15 is 0 Å². The van der Waals surface area contributed by atoms with Gasteiger partial charge in [0.25, 0.3) is 0 Å². The predicted molar refractivity (Wildman–Crippen MR) is 143 cm³/mol. The number of nitrogens with zero attached hydrogens (tertiary/aromatic N) is 2. The van der Waals surface area contributed by atoms with Gasteiger partial charge in [-0.2, -0.15) is 0 Å². The fourth-order valence-corrected chi connectivity index (χ4v) is 3.76. The smallest absolute Gasteiger partial charge is 0.163 e. The van der Waals surface area contributed by atoms with Crippen molar-refractivity contribution in [1.29, 1.82) is 0 Å². The first-order chi connectivity index (χ1) is 15.9. The van der Waals surface area contributed by atoms with E-state index in [1.807, 2.05) is 24.3 Å². The third kappa shape index (κ3) is 6.11. The number of imidazole rings is 1. The summed E-state index contributed by atoms with van der Waals surface area (Å²) >= 11 is 0. The average molecular weight is 483 g/mol. The lowest BCUT2D eigenvalue weighted by molar-refractivity contribution is 0.246. The Labute approximate surface area is 207 Å². The number of ether oxygens (including phenoxy) is 2. The summed E-state index contributed by atoms with van der Waals surface area (Å²) < 4.78 is 12.2. The van der Waals surface area contributed by atoms with Gasteiger partial charge in [-0.3, -0.25) is 0 Å². The number of hydrogen-bond donors (Lipinski definition) is 2. The maximum absolute atomic E-state index is 6.16. The highest BCUT2D eigenvalue weighted by molar-refractivity contribution is 6.10. The largest absolute Gasteiger partial charge is 0.490 e. The first-order valence-electron chi connectivity index (χ1n) is 11.8. The molecular formula is C27H35ClN4O2. The summed E-state index contributed by atoms with van der Waals surface area (Å²) in [4.78, 5) is 12.3. The van der Waals surface area contributed by atoms with Crippen molar-refractivity contribution < 1.29 is 9.47 Å². The molecule has 0 saturated heterocycles. The van der Waals surface area contributed by atoms with Gasteiger partial charge in [-0.05, 0) is 61.9 Å². The van der Waals surface area contributed by atoms with E-state index in [0.717, 1.165) is 63.3 Å². The number of hydrogen-bond acceptors (Lipinski definition) is 5. The molecule has 2 aromatic carbocycles. The maximum Gasteiger partial charge on any atom is 0.163 e. The molecular weight excluding hydrogens is 448 g/mol. The summed E-state index contributed by atoms with van der Waals surface area (Å²) in [7, 11) is 0. The van der Waals surface area contributed by atoms with E-state index in [0.29, 0.717) is 25.0 Å². The Kier molecular flexibility index (Phi) is 8.61. The Morgan fingerprint density at radius 1 is 0.882 bits per heavy atom. The van der Waals surface area contributed by atoms with Gasteiger partial charge in [0, 0.05) is 28.4 Å². The van der Waals surface area contributed by atoms with Gasteiger partial charge in [-0.25, -0.2) is 9.97 Å². The zero-order valence-electron chi connectivity index (χ0n) is 20.6. The third-order valence-electron chi connectivity index (χ3n) is 5.63. The summed E-state index contributed by atoms with van der Waals surface area (Å²) in [5.74, 6) is 2.74. The standard InChI is InChI=1S/C27H34N4O2.ClH/c1-17(2)10-12-32-24-9-6-20(15-25(24)33-13-11-18(3)4)31-23-14-19(5)30-21-7-8-22-27(26(21)23)29-16-28-22;/h6-9,14-18,30-31H,10-13H2,1-5H3;1H. The molecule has 0 amide bonds. The molecule has 0 atom stereocenters. The van der Waals surface area contributed by atoms with Crippen LogP contribution >= 0.6 is 12.4 Å². The fraction of sp³-hybridized carbons (Fsp3) is 0.407. The highest BCUT2D eigenvalue weighted by Crippen LogP contribution is 2.35. The molecule has 2 heterocycles. The van der Waals surface area contributed by atoms with Gasteiger partial charge in [0.2, 0.25) is 0 Å². The van der Waals surface area contributed by atoms with Crippen molar-refractivity contribution in [2.24, 2.45) is 11.8 Å². The van der Waals surface area contributed by atoms with E-state index in [1.54, 1.807) is 6.33 Å². The minimum absolute atomic E-state index is 0. The number of fused-ring (bicyclic) bond motifs is 3. The molecule has 0 radical (unpaired) electrons. The molecule has 182 valence electrons. The molecule has 0 bridgehead atoms. The highest BCUT2D eigenvalue weighted by Gasteiger charge is 2.13. The first-order valence-corrected chi connectivity index (χ1v) is 11.8. The van der Waals surface area contributed by atoms with Crippen LogP contribution in [0.15, 0.2) is 42.7 Å². The Morgan fingerprint density at radius 2 is 1.59 bits per heavy atom. The molecule has 34 heavy (non-hydrogen) atoms. The molecule has 6 nitrogen and oxygen atoms in total. The number of nitrogens with one attached hydrogen (secondary N) is 2. The van der Waals surface area contributed by atoms with E-state index in [1.165, 1.54) is 0 Å². The zero-order valence-corrected chi connectivity index (χ0v) is 21.5. The fourth-order valence-electron chi connectivity index (χ4n) is 3.76. The average Bonchev–Trinajstić information content (AvgIpc) is 3.23. The quantitative estimate of drug-likeness (QED) is 0.246. The SMILES string of the molecule is Cc1cc(Nc2ccc(OCCC(C)C)c(OCCC(C)C)c2)c2c(ccc3ncnc32)[nH]1.Cl. The second kappa shape index (κ2) is 11.4. The van der Waals surface area contributed by atoms with Gasteiger partial charge in [0.1, 0.15) is 11.8 Å². The van der Waals surface area contributed by atoms with Crippen LogP contribution in [0, 0.1) is 18.8 Å². The lowest BCUT2D eigenvalue weighted by atomic mass is 10.1. The van der Waals surface area contributed by atoms with Crippen molar-refractivity contribution in [2.75, 3.05) is 18.5 Å². The Balaban J connectivity index is 0.00000324. The van der Waals surface area contributed by atoms with Crippen LogP contribution in [-0.2, 0) is 0 Å². The van der Waals surface area contributed by atoms with E-state index in [-0.39, 0.29) is 12.4 Å². The van der Waals surface area contributed by atoms with Gasteiger partial charge >= 0.3 is 0 Å². The van der Waals surface area contributed by atoms with Crippen LogP contribution in [0.2, 0.25) is 0 Å². The number of benzene rings is 2. The summed E-state index contributed by atoms with van der Waals surface area (Å²) in [5.41, 5.74) is 5.77. The molecule has 0 fully saturated rings. The van der Waals surface area contributed by atoms with Gasteiger partial charge in [0.05, 0.1) is 24.4 Å². The first kappa shape index (κ1) is 25.6. The number of aromatic nitrogens is 3. The molecule has 0 aliphatic rings. The Hall–Kier alpha value is -2.99. The molecule has 0 saturated carbocycles. The second-order valence-corrected chi connectivity index (χ2v) is 9.44. The van der Waals surface area contributed by atoms with E-state index < -0.39 is 0 Å². The minimum atomic E-state index is 0. The number of halogens is 1. The van der Waals surface area contributed by atoms with Gasteiger partial charge in [0.15, 0.2) is 11.5 Å². The third-order valence-corrected chi connectivity index (χ3v) is 5.63. The van der Waals surface area contributed by atoms with Crippen molar-refractivity contribution in [2.45, 2.75) is 47.5 Å². The molecule has 2 aromatic heterocycles. The van der Waals surface area contributed by atoms with Crippen LogP contribution in [0.1, 0.15) is 46.2 Å². The monoisotopic (exact) mass is 482 g/mol. The maximum atomic E-state index is 6.16. The number of H-pyrrole nitrogens is 1. The molecule has 2 N–H and O–H groups in total. The normalized spacial score (nSPS) is 11.3. The highest BCUT2D eigenvalue weighted by atomic mass is 35.5. The molecule has 4 rings (SSSR count). The summed E-state index contributed by atoms with van der Waals surface area (Å²) in [6.07, 6.45) is 3.61. The summed E-state index contributed by atoms with van der Waals surface area (Å²) in [6.45, 7) is 12.2. The van der Waals surface area contributed by atoms with E-state index in [2.05, 4.69) is 67.0 Å². The summed E-state index contributed by atoms with van der Waals surface area (Å²) in [5, 5.41) is 4.61. The Bertz CT molecular complexity index is 1240. The van der Waals surface area contributed by atoms with Crippen molar-refractivity contribution in [3.63, 3.8) is 0 Å². The van der Waals surface area contributed by atoms with Crippen LogP contribution in [0.4, 0.5) is 11.4 Å². The molecule has 0 unspecified atom stereocenters. The number of anilines is 2. The van der Waals surface area contributed by atoms with E-state index in [9.17, 15) is 0 Å². The molecule has 7 heteroatoms. The van der Waals surface area contributed by atoms with Gasteiger partial charge in [-0.1, -0.05) is 27.7 Å². The molecule has 4 aromatic rings. The minimum Gasteiger partial charge on any atom is -0.490 e. The number of aromatic amines is 1. The van der Waals surface area contributed by atoms with Crippen molar-refractivity contribution >= 4 is 45.7 Å². The predicted octanol–water partition coefficient (Wildman–Crippen LogP) is 7.43. The lowest BCUT2D eigenvalue weighted by Crippen LogP contribution is -2.06. The van der Waals surface area contributed by atoms with Crippen LogP contribution in [-0.4, -0.2) is 28.2 Å². The van der Waals surface area contributed by atoms with Gasteiger partial charge < -0.3 is 19.8 Å². The van der Waals surface area contributed by atoms with Crippen LogP contribution < -0.4 is 14.8 Å². The van der Waals surface area contributed by atoms with Crippen molar-refractivity contribution in [1.82, 2.24) is 15.0 Å². The van der Waals surface area contributed by atoms with Crippen LogP contribution in [0.3, 0.4) is 0 Å². The zero-order chi connectivity index (χ0) is 23.4. The van der Waals surface area contributed by atoms with Crippen molar-refractivity contribution in [3.8, 4) is 11.5 Å². The lowest BCUT2D eigenvalue weighted by Gasteiger charge is -2.17. The van der Waals surface area contributed by atoms with Crippen molar-refractivity contribution in [3.05, 3.63) is 48.4 Å². The van der Waals surface area contributed by atoms with E-state index in [4.69, 9.17) is 9.47 Å².